The highest BCUT2D eigenvalue weighted by atomic mass is 19.1. The molecule has 0 saturated heterocycles. The van der Waals surface area contributed by atoms with E-state index in [1.54, 1.807) is 6.07 Å². The molecule has 0 fully saturated rings. The van der Waals surface area contributed by atoms with Gasteiger partial charge in [-0.2, -0.15) is 0 Å². The van der Waals surface area contributed by atoms with Crippen LogP contribution in [0.5, 0.6) is 0 Å². The Morgan fingerprint density at radius 2 is 1.78 bits per heavy atom. The molecule has 0 saturated carbocycles. The molecule has 3 heteroatoms. The second kappa shape index (κ2) is 5.78. The lowest BCUT2D eigenvalue weighted by Gasteiger charge is -2.21. The molecule has 2 heterocycles. The average Bonchev–Trinajstić information content (AvgIpc) is 3.01. The molecular weight excluding hydrogens is 335 g/mol. The lowest BCUT2D eigenvalue weighted by molar-refractivity contribution is 0.624. The van der Waals surface area contributed by atoms with Crippen molar-refractivity contribution in [3.8, 4) is 17.1 Å². The maximum absolute atomic E-state index is 14.1. The van der Waals surface area contributed by atoms with Gasteiger partial charge in [0.2, 0.25) is 0 Å². The van der Waals surface area contributed by atoms with E-state index in [-0.39, 0.29) is 11.7 Å². The van der Waals surface area contributed by atoms with Crippen molar-refractivity contribution in [3.63, 3.8) is 0 Å². The van der Waals surface area contributed by atoms with E-state index in [0.29, 0.717) is 5.92 Å². The third-order valence-electron chi connectivity index (χ3n) is 5.69. The Hall–Kier alpha value is -2.94. The molecule has 1 aromatic heterocycles. The minimum atomic E-state index is -0.202. The van der Waals surface area contributed by atoms with E-state index in [4.69, 9.17) is 4.98 Å². The Labute approximate surface area is 158 Å². The number of imidazole rings is 1. The molecule has 0 bridgehead atoms. The van der Waals surface area contributed by atoms with Crippen molar-refractivity contribution in [2.45, 2.75) is 32.6 Å². The third kappa shape index (κ3) is 2.27. The van der Waals surface area contributed by atoms with Crippen LogP contribution in [0.4, 0.5) is 4.39 Å². The molecule has 4 aromatic rings. The van der Waals surface area contributed by atoms with Gasteiger partial charge in [0.05, 0.1) is 16.7 Å². The lowest BCUT2D eigenvalue weighted by Crippen LogP contribution is -2.06. The summed E-state index contributed by atoms with van der Waals surface area (Å²) < 4.78 is 16.4. The summed E-state index contributed by atoms with van der Waals surface area (Å²) in [5.41, 5.74) is 7.75. The summed E-state index contributed by atoms with van der Waals surface area (Å²) in [6.45, 7) is 6.60. The fourth-order valence-corrected chi connectivity index (χ4v) is 4.35. The number of hydrogen-bond donors (Lipinski definition) is 0. The van der Waals surface area contributed by atoms with Crippen LogP contribution in [-0.2, 0) is 0 Å². The van der Waals surface area contributed by atoms with Crippen LogP contribution < -0.4 is 0 Å². The molecule has 27 heavy (non-hydrogen) atoms. The molecule has 0 amide bonds. The standard InChI is InChI=1S/C24H21FN2/c1-14(2)17-7-6-8-18-15(3)20-13-16(25)11-12-19(20)24-26-21-9-4-5-10-22(21)27(24)23(17)18/h4-15H,1-3H3. The van der Waals surface area contributed by atoms with E-state index in [1.807, 2.05) is 18.2 Å². The summed E-state index contributed by atoms with van der Waals surface area (Å²) in [4.78, 5) is 4.96. The number of benzene rings is 3. The minimum Gasteiger partial charge on any atom is -0.292 e. The quantitative estimate of drug-likeness (QED) is 0.385. The summed E-state index contributed by atoms with van der Waals surface area (Å²) in [6.07, 6.45) is 0. The first kappa shape index (κ1) is 16.2. The zero-order valence-electron chi connectivity index (χ0n) is 15.7. The van der Waals surface area contributed by atoms with Crippen LogP contribution in [0.15, 0.2) is 60.7 Å². The molecule has 3 aromatic carbocycles. The fraction of sp³-hybridized carbons (Fsp3) is 0.208. The highest BCUT2D eigenvalue weighted by Gasteiger charge is 2.29. The second-order valence-corrected chi connectivity index (χ2v) is 7.65. The molecule has 0 spiro atoms. The third-order valence-corrected chi connectivity index (χ3v) is 5.69. The van der Waals surface area contributed by atoms with Crippen LogP contribution in [0.2, 0.25) is 0 Å². The van der Waals surface area contributed by atoms with Gasteiger partial charge in [-0.05, 0) is 52.9 Å². The first-order valence-electron chi connectivity index (χ1n) is 9.46. The van der Waals surface area contributed by atoms with Gasteiger partial charge < -0.3 is 0 Å². The van der Waals surface area contributed by atoms with Gasteiger partial charge in [0.25, 0.3) is 0 Å². The smallest absolute Gasteiger partial charge is 0.146 e. The van der Waals surface area contributed by atoms with Gasteiger partial charge in [0, 0.05) is 11.5 Å². The first-order chi connectivity index (χ1) is 13.1. The molecule has 0 aliphatic carbocycles. The van der Waals surface area contributed by atoms with Gasteiger partial charge >= 0.3 is 0 Å². The fourth-order valence-electron chi connectivity index (χ4n) is 4.35. The zero-order valence-corrected chi connectivity index (χ0v) is 15.7. The first-order valence-corrected chi connectivity index (χ1v) is 9.46. The molecule has 134 valence electrons. The van der Waals surface area contributed by atoms with Gasteiger partial charge in [-0.3, -0.25) is 4.57 Å². The Balaban J connectivity index is 2.01. The van der Waals surface area contributed by atoms with E-state index >= 15 is 0 Å². The molecule has 2 nitrogen and oxygen atoms in total. The Morgan fingerprint density at radius 3 is 2.59 bits per heavy atom. The summed E-state index contributed by atoms with van der Waals surface area (Å²) >= 11 is 0. The summed E-state index contributed by atoms with van der Waals surface area (Å²) in [7, 11) is 0. The van der Waals surface area contributed by atoms with Gasteiger partial charge in [-0.25, -0.2) is 9.37 Å². The van der Waals surface area contributed by atoms with Crippen molar-refractivity contribution in [2.24, 2.45) is 0 Å². The van der Waals surface area contributed by atoms with Crippen LogP contribution in [-0.4, -0.2) is 9.55 Å². The molecule has 1 atom stereocenters. The molecule has 0 N–H and O–H groups in total. The van der Waals surface area contributed by atoms with E-state index in [1.165, 1.54) is 22.9 Å². The Kier molecular flexibility index (Phi) is 3.48. The number of rotatable bonds is 1. The van der Waals surface area contributed by atoms with Crippen molar-refractivity contribution < 1.29 is 4.39 Å². The topological polar surface area (TPSA) is 17.8 Å². The van der Waals surface area contributed by atoms with E-state index in [9.17, 15) is 4.39 Å². The predicted molar refractivity (Wildman–Crippen MR) is 108 cm³/mol. The van der Waals surface area contributed by atoms with Crippen LogP contribution >= 0.6 is 0 Å². The number of halogens is 1. The van der Waals surface area contributed by atoms with Crippen molar-refractivity contribution in [1.82, 2.24) is 9.55 Å². The van der Waals surface area contributed by atoms with Gasteiger partial charge in [-0.15, -0.1) is 0 Å². The molecular formula is C24H21FN2. The monoisotopic (exact) mass is 356 g/mol. The van der Waals surface area contributed by atoms with Crippen LogP contribution in [0.1, 0.15) is 49.3 Å². The Bertz CT molecular complexity index is 1190. The number of aromatic nitrogens is 2. The van der Waals surface area contributed by atoms with Gasteiger partial charge in [0.1, 0.15) is 11.6 Å². The van der Waals surface area contributed by atoms with Gasteiger partial charge in [-0.1, -0.05) is 51.1 Å². The molecule has 1 unspecified atom stereocenters. The number of fused-ring (bicyclic) bond motifs is 7. The van der Waals surface area contributed by atoms with Crippen molar-refractivity contribution >= 4 is 11.0 Å². The van der Waals surface area contributed by atoms with Crippen molar-refractivity contribution in [3.05, 3.63) is 83.2 Å². The molecule has 5 rings (SSSR count). The predicted octanol–water partition coefficient (Wildman–Crippen LogP) is 6.42. The van der Waals surface area contributed by atoms with Crippen molar-refractivity contribution in [1.29, 1.82) is 0 Å². The highest BCUT2D eigenvalue weighted by Crippen LogP contribution is 2.44. The summed E-state index contributed by atoms with van der Waals surface area (Å²) in [5, 5.41) is 0. The molecule has 0 radical (unpaired) electrons. The molecule has 1 aliphatic rings. The second-order valence-electron chi connectivity index (χ2n) is 7.65. The van der Waals surface area contributed by atoms with E-state index in [0.717, 1.165) is 28.0 Å². The average molecular weight is 356 g/mol. The van der Waals surface area contributed by atoms with Crippen LogP contribution in [0.25, 0.3) is 28.1 Å². The van der Waals surface area contributed by atoms with E-state index < -0.39 is 0 Å². The SMILES string of the molecule is CC(C)c1cccc2c1-n1c(nc3ccccc31)-c1ccc(F)cc1C2C. The maximum atomic E-state index is 14.1. The maximum Gasteiger partial charge on any atom is 0.146 e. The zero-order chi connectivity index (χ0) is 18.7. The lowest BCUT2D eigenvalue weighted by atomic mass is 9.87. The number of para-hydroxylation sites is 3. The largest absolute Gasteiger partial charge is 0.292 e. The van der Waals surface area contributed by atoms with Gasteiger partial charge in [0.15, 0.2) is 0 Å². The number of hydrogen-bond acceptors (Lipinski definition) is 1. The highest BCUT2D eigenvalue weighted by molar-refractivity contribution is 5.86. The molecule has 1 aliphatic heterocycles. The Morgan fingerprint density at radius 1 is 0.963 bits per heavy atom. The van der Waals surface area contributed by atoms with Crippen LogP contribution in [0.3, 0.4) is 0 Å². The summed E-state index contributed by atoms with van der Waals surface area (Å²) in [6, 6.07) is 19.8. The van der Waals surface area contributed by atoms with Crippen molar-refractivity contribution in [2.75, 3.05) is 0 Å². The normalized spacial score (nSPS) is 15.4. The summed E-state index contributed by atoms with van der Waals surface area (Å²) in [5.74, 6) is 1.15. The van der Waals surface area contributed by atoms with Crippen LogP contribution in [0, 0.1) is 5.82 Å². The minimum absolute atomic E-state index is 0.0878. The number of nitrogens with zero attached hydrogens (tertiary/aromatic N) is 2. The van der Waals surface area contributed by atoms with E-state index in [2.05, 4.69) is 55.7 Å².